The molecule has 2 aromatic carbocycles. The number of nitrogens with one attached hydrogen (secondary N) is 1. The maximum absolute atomic E-state index is 13.1. The van der Waals surface area contributed by atoms with E-state index < -0.39 is 0 Å². The van der Waals surface area contributed by atoms with Crippen LogP contribution in [0, 0.1) is 13.8 Å². The normalized spacial score (nSPS) is 14.1. The molecule has 1 N–H and O–H groups in total. The number of aromatic amines is 1. The fourth-order valence-electron chi connectivity index (χ4n) is 3.59. The lowest BCUT2D eigenvalue weighted by molar-refractivity contribution is 0.0985. The quantitative estimate of drug-likeness (QED) is 0.711. The molecule has 0 saturated carbocycles. The van der Waals surface area contributed by atoms with Crippen molar-refractivity contribution in [1.82, 2.24) is 4.98 Å². The number of aromatic nitrogens is 1. The van der Waals surface area contributed by atoms with Crippen molar-refractivity contribution in [2.45, 2.75) is 26.7 Å². The minimum Gasteiger partial charge on any atom is -0.359 e. The Bertz CT molecular complexity index is 907. The molecule has 4 rings (SSSR count). The van der Waals surface area contributed by atoms with Gasteiger partial charge in [-0.05, 0) is 56.0 Å². The lowest BCUT2D eigenvalue weighted by Gasteiger charge is -2.30. The van der Waals surface area contributed by atoms with Crippen molar-refractivity contribution in [2.75, 3.05) is 11.4 Å². The average molecular weight is 304 g/mol. The second kappa shape index (κ2) is 5.27. The third kappa shape index (κ3) is 2.24. The van der Waals surface area contributed by atoms with Gasteiger partial charge >= 0.3 is 0 Å². The molecule has 3 aromatic rings. The number of H-pyrrole nitrogens is 1. The van der Waals surface area contributed by atoms with Crippen molar-refractivity contribution in [3.63, 3.8) is 0 Å². The van der Waals surface area contributed by atoms with Crippen LogP contribution >= 0.6 is 0 Å². The van der Waals surface area contributed by atoms with Gasteiger partial charge in [0.15, 0.2) is 0 Å². The number of carbonyl (C=O) groups excluding carboxylic acids is 1. The second-order valence-electron chi connectivity index (χ2n) is 6.36. The molecule has 0 fully saturated rings. The van der Waals surface area contributed by atoms with E-state index in [1.807, 2.05) is 36.1 Å². The van der Waals surface area contributed by atoms with Gasteiger partial charge in [0, 0.05) is 28.7 Å². The topological polar surface area (TPSA) is 36.1 Å². The van der Waals surface area contributed by atoms with Gasteiger partial charge < -0.3 is 9.88 Å². The number of carbonyl (C=O) groups is 1. The van der Waals surface area contributed by atoms with Crippen LogP contribution in [0.2, 0.25) is 0 Å². The number of fused-ring (bicyclic) bond motifs is 3. The van der Waals surface area contributed by atoms with E-state index in [0.717, 1.165) is 52.8 Å². The number of benzene rings is 2. The molecule has 0 aliphatic carbocycles. The van der Waals surface area contributed by atoms with Crippen molar-refractivity contribution < 1.29 is 4.79 Å². The lowest BCUT2D eigenvalue weighted by Crippen LogP contribution is -2.36. The number of nitrogens with zero attached hydrogens (tertiary/aromatic N) is 1. The van der Waals surface area contributed by atoms with Gasteiger partial charge in [0.1, 0.15) is 0 Å². The Labute approximate surface area is 135 Å². The maximum Gasteiger partial charge on any atom is 0.258 e. The molecule has 0 radical (unpaired) electrons. The summed E-state index contributed by atoms with van der Waals surface area (Å²) in [5, 5.41) is 1.15. The molecule has 3 heteroatoms. The molecule has 23 heavy (non-hydrogen) atoms. The van der Waals surface area contributed by atoms with Gasteiger partial charge in [-0.25, -0.2) is 0 Å². The average Bonchev–Trinajstić information content (AvgIpc) is 2.94. The van der Waals surface area contributed by atoms with Gasteiger partial charge in [0.2, 0.25) is 0 Å². The van der Waals surface area contributed by atoms with Crippen LogP contribution in [0.25, 0.3) is 10.9 Å². The molecule has 3 nitrogen and oxygen atoms in total. The van der Waals surface area contributed by atoms with Crippen LogP contribution in [0.4, 0.5) is 5.69 Å². The molecule has 0 unspecified atom stereocenters. The lowest BCUT2D eigenvalue weighted by atomic mass is 9.97. The Balaban J connectivity index is 1.88. The highest BCUT2D eigenvalue weighted by molar-refractivity contribution is 6.12. The van der Waals surface area contributed by atoms with Crippen LogP contribution in [0.15, 0.2) is 42.5 Å². The van der Waals surface area contributed by atoms with Gasteiger partial charge in [-0.3, -0.25) is 4.79 Å². The van der Waals surface area contributed by atoms with Crippen LogP contribution in [0.1, 0.15) is 33.6 Å². The largest absolute Gasteiger partial charge is 0.359 e. The Hall–Kier alpha value is -2.55. The molecule has 2 heterocycles. The molecule has 0 saturated heterocycles. The van der Waals surface area contributed by atoms with Crippen LogP contribution < -0.4 is 4.90 Å². The predicted octanol–water partition coefficient (Wildman–Crippen LogP) is 4.38. The van der Waals surface area contributed by atoms with Crippen molar-refractivity contribution >= 4 is 22.5 Å². The minimum atomic E-state index is 0.107. The first-order valence-corrected chi connectivity index (χ1v) is 8.14. The van der Waals surface area contributed by atoms with Crippen LogP contribution in [-0.4, -0.2) is 17.4 Å². The molecule has 0 spiro atoms. The van der Waals surface area contributed by atoms with Gasteiger partial charge in [-0.1, -0.05) is 24.3 Å². The van der Waals surface area contributed by atoms with E-state index in [2.05, 4.69) is 30.1 Å². The number of amides is 1. The monoisotopic (exact) mass is 304 g/mol. The molecular formula is C20H20N2O. The van der Waals surface area contributed by atoms with Crippen molar-refractivity contribution in [1.29, 1.82) is 0 Å². The summed E-state index contributed by atoms with van der Waals surface area (Å²) in [6.07, 6.45) is 2.05. The summed E-state index contributed by atoms with van der Waals surface area (Å²) in [5.41, 5.74) is 6.41. The van der Waals surface area contributed by atoms with Crippen LogP contribution in [0.5, 0.6) is 0 Å². The Morgan fingerprint density at radius 1 is 1.13 bits per heavy atom. The predicted molar refractivity (Wildman–Crippen MR) is 94.2 cm³/mol. The van der Waals surface area contributed by atoms with E-state index in [0.29, 0.717) is 0 Å². The fourth-order valence-corrected chi connectivity index (χ4v) is 3.59. The SMILES string of the molecule is Cc1cc2c3c(ccc2[nH]1)CCCN3C(=O)c1ccccc1C. The second-order valence-corrected chi connectivity index (χ2v) is 6.36. The highest BCUT2D eigenvalue weighted by Crippen LogP contribution is 2.36. The van der Waals surface area contributed by atoms with Crippen molar-refractivity contribution in [2.24, 2.45) is 0 Å². The van der Waals surface area contributed by atoms with E-state index in [-0.39, 0.29) is 5.91 Å². The summed E-state index contributed by atoms with van der Waals surface area (Å²) in [6, 6.07) is 14.3. The molecule has 0 atom stereocenters. The molecule has 1 aromatic heterocycles. The molecule has 116 valence electrons. The first-order chi connectivity index (χ1) is 11.1. The highest BCUT2D eigenvalue weighted by Gasteiger charge is 2.26. The Morgan fingerprint density at radius 2 is 1.96 bits per heavy atom. The van der Waals surface area contributed by atoms with Crippen LogP contribution in [-0.2, 0) is 6.42 Å². The van der Waals surface area contributed by atoms with E-state index in [9.17, 15) is 4.79 Å². The van der Waals surface area contributed by atoms with Crippen molar-refractivity contribution in [3.8, 4) is 0 Å². The smallest absolute Gasteiger partial charge is 0.258 e. The van der Waals surface area contributed by atoms with Crippen molar-refractivity contribution in [3.05, 3.63) is 64.8 Å². The molecular weight excluding hydrogens is 284 g/mol. The first kappa shape index (κ1) is 14.1. The first-order valence-electron chi connectivity index (χ1n) is 8.14. The zero-order valence-corrected chi connectivity index (χ0v) is 13.5. The molecule has 1 aliphatic heterocycles. The molecule has 0 bridgehead atoms. The summed E-state index contributed by atoms with van der Waals surface area (Å²) in [4.78, 5) is 18.5. The Morgan fingerprint density at radius 3 is 2.78 bits per heavy atom. The highest BCUT2D eigenvalue weighted by atomic mass is 16.2. The number of aryl methyl sites for hydroxylation is 3. The van der Waals surface area contributed by atoms with E-state index in [1.165, 1.54) is 5.56 Å². The number of hydrogen-bond donors (Lipinski definition) is 1. The molecule has 1 amide bonds. The van der Waals surface area contributed by atoms with Gasteiger partial charge in [0.25, 0.3) is 5.91 Å². The van der Waals surface area contributed by atoms with Gasteiger partial charge in [-0.15, -0.1) is 0 Å². The summed E-state index contributed by atoms with van der Waals surface area (Å²) >= 11 is 0. The molecule has 1 aliphatic rings. The maximum atomic E-state index is 13.1. The third-order valence-corrected chi connectivity index (χ3v) is 4.71. The number of rotatable bonds is 1. The summed E-state index contributed by atoms with van der Waals surface area (Å²) < 4.78 is 0. The standard InChI is InChI=1S/C20H20N2O/c1-13-6-3-4-8-16(13)20(23)22-11-5-7-15-9-10-18-17(19(15)22)12-14(2)21-18/h3-4,6,8-10,12,21H,5,7,11H2,1-2H3. The fraction of sp³-hybridized carbons (Fsp3) is 0.250. The number of anilines is 1. The van der Waals surface area contributed by atoms with E-state index in [1.54, 1.807) is 0 Å². The van der Waals surface area contributed by atoms with E-state index in [4.69, 9.17) is 0 Å². The summed E-state index contributed by atoms with van der Waals surface area (Å²) in [6.45, 7) is 4.84. The van der Waals surface area contributed by atoms with E-state index >= 15 is 0 Å². The summed E-state index contributed by atoms with van der Waals surface area (Å²) in [5.74, 6) is 0.107. The number of hydrogen-bond acceptors (Lipinski definition) is 1. The minimum absolute atomic E-state index is 0.107. The zero-order chi connectivity index (χ0) is 16.0. The summed E-state index contributed by atoms with van der Waals surface area (Å²) in [7, 11) is 0. The zero-order valence-electron chi connectivity index (χ0n) is 13.5. The van der Waals surface area contributed by atoms with Gasteiger partial charge in [-0.2, -0.15) is 0 Å². The third-order valence-electron chi connectivity index (χ3n) is 4.71. The Kier molecular flexibility index (Phi) is 3.22. The van der Waals surface area contributed by atoms with Gasteiger partial charge in [0.05, 0.1) is 5.69 Å². The van der Waals surface area contributed by atoms with Crippen LogP contribution in [0.3, 0.4) is 0 Å².